The van der Waals surface area contributed by atoms with E-state index in [2.05, 4.69) is 15.9 Å². The Morgan fingerprint density at radius 1 is 1.05 bits per heavy atom. The number of nitrogens with two attached hydrogens (primary N) is 1. The summed E-state index contributed by atoms with van der Waals surface area (Å²) in [6, 6.07) is 5.63. The Morgan fingerprint density at radius 2 is 1.79 bits per heavy atom. The van der Waals surface area contributed by atoms with Crippen molar-refractivity contribution in [2.45, 2.75) is 6.61 Å². The molecule has 0 unspecified atom stereocenters. The molecule has 0 aliphatic rings. The first-order valence-corrected chi connectivity index (χ1v) is 6.08. The Bertz CT molecular complexity index is 596. The first kappa shape index (κ1) is 13.7. The molecule has 0 heterocycles. The number of anilines is 1. The van der Waals surface area contributed by atoms with Crippen molar-refractivity contribution in [3.8, 4) is 5.75 Å². The summed E-state index contributed by atoms with van der Waals surface area (Å²) in [5.74, 6) is -2.12. The quantitative estimate of drug-likeness (QED) is 0.862. The molecule has 19 heavy (non-hydrogen) atoms. The number of benzene rings is 2. The van der Waals surface area contributed by atoms with Crippen molar-refractivity contribution in [3.05, 3.63) is 57.8 Å². The smallest absolute Gasteiger partial charge is 0.169 e. The Kier molecular flexibility index (Phi) is 3.99. The molecule has 2 N–H and O–H groups in total. The molecule has 0 saturated heterocycles. The third-order valence-electron chi connectivity index (χ3n) is 2.44. The van der Waals surface area contributed by atoms with Crippen LogP contribution in [-0.4, -0.2) is 0 Å². The molecule has 0 saturated carbocycles. The second-order valence-corrected chi connectivity index (χ2v) is 4.68. The number of nitrogen functional groups attached to an aromatic ring is 1. The normalized spacial score (nSPS) is 10.5. The average Bonchev–Trinajstić information content (AvgIpc) is 2.30. The molecule has 0 radical (unpaired) electrons. The molecule has 0 aliphatic carbocycles. The second kappa shape index (κ2) is 5.52. The number of rotatable bonds is 3. The van der Waals surface area contributed by atoms with Crippen LogP contribution in [0.3, 0.4) is 0 Å². The molecule has 2 aromatic rings. The van der Waals surface area contributed by atoms with Gasteiger partial charge in [-0.3, -0.25) is 0 Å². The molecule has 100 valence electrons. The van der Waals surface area contributed by atoms with Crippen molar-refractivity contribution >= 4 is 21.6 Å². The van der Waals surface area contributed by atoms with E-state index in [1.807, 2.05) is 0 Å². The third-order valence-corrected chi connectivity index (χ3v) is 3.03. The topological polar surface area (TPSA) is 35.2 Å². The van der Waals surface area contributed by atoms with Gasteiger partial charge < -0.3 is 10.5 Å². The van der Waals surface area contributed by atoms with Gasteiger partial charge >= 0.3 is 0 Å². The largest absolute Gasteiger partial charge is 0.485 e. The minimum Gasteiger partial charge on any atom is -0.485 e. The standard InChI is InChI=1S/C13H9BrF3NO/c14-10-3-9(16)4-11(17)13(10)19-6-7-1-2-8(15)5-12(7)18/h1-5H,6,18H2. The maximum Gasteiger partial charge on any atom is 0.169 e. The average molecular weight is 332 g/mol. The van der Waals surface area contributed by atoms with Crippen LogP contribution in [0.2, 0.25) is 0 Å². The lowest BCUT2D eigenvalue weighted by atomic mass is 10.2. The van der Waals surface area contributed by atoms with Crippen LogP contribution in [0.1, 0.15) is 5.56 Å². The molecule has 0 fully saturated rings. The molecule has 6 heteroatoms. The van der Waals surface area contributed by atoms with Gasteiger partial charge in [0.15, 0.2) is 11.6 Å². The second-order valence-electron chi connectivity index (χ2n) is 3.83. The van der Waals surface area contributed by atoms with Gasteiger partial charge in [-0.05, 0) is 34.1 Å². The Balaban J connectivity index is 2.19. The van der Waals surface area contributed by atoms with Crippen LogP contribution in [0, 0.1) is 17.5 Å². The molecule has 0 spiro atoms. The lowest BCUT2D eigenvalue weighted by Crippen LogP contribution is -2.02. The molecule has 2 aromatic carbocycles. The summed E-state index contributed by atoms with van der Waals surface area (Å²) in [7, 11) is 0. The van der Waals surface area contributed by atoms with E-state index in [9.17, 15) is 13.2 Å². The van der Waals surface area contributed by atoms with E-state index in [1.54, 1.807) is 0 Å². The van der Waals surface area contributed by atoms with Gasteiger partial charge in [-0.2, -0.15) is 0 Å². The van der Waals surface area contributed by atoms with Gasteiger partial charge in [0.2, 0.25) is 0 Å². The third kappa shape index (κ3) is 3.20. The number of hydrogen-bond acceptors (Lipinski definition) is 2. The van der Waals surface area contributed by atoms with Gasteiger partial charge in [0, 0.05) is 17.3 Å². The van der Waals surface area contributed by atoms with Crippen LogP contribution >= 0.6 is 15.9 Å². The highest BCUT2D eigenvalue weighted by molar-refractivity contribution is 9.10. The van der Waals surface area contributed by atoms with E-state index in [0.717, 1.165) is 12.1 Å². The van der Waals surface area contributed by atoms with Gasteiger partial charge in [-0.15, -0.1) is 0 Å². The minimum absolute atomic E-state index is 0.0483. The molecule has 0 bridgehead atoms. The zero-order valence-corrected chi connectivity index (χ0v) is 11.2. The highest BCUT2D eigenvalue weighted by Crippen LogP contribution is 2.30. The van der Waals surface area contributed by atoms with Crippen LogP contribution in [0.4, 0.5) is 18.9 Å². The first-order chi connectivity index (χ1) is 8.97. The summed E-state index contributed by atoms with van der Waals surface area (Å²) in [4.78, 5) is 0. The Morgan fingerprint density at radius 3 is 2.42 bits per heavy atom. The maximum atomic E-state index is 13.5. The van der Waals surface area contributed by atoms with E-state index in [4.69, 9.17) is 10.5 Å². The summed E-state index contributed by atoms with van der Waals surface area (Å²) in [6.45, 7) is -0.0483. The van der Waals surface area contributed by atoms with Crippen molar-refractivity contribution in [2.75, 3.05) is 5.73 Å². The first-order valence-electron chi connectivity index (χ1n) is 5.28. The highest BCUT2D eigenvalue weighted by atomic mass is 79.9. The van der Waals surface area contributed by atoms with E-state index < -0.39 is 17.5 Å². The summed E-state index contributed by atoms with van der Waals surface area (Å²) >= 11 is 3.01. The molecular formula is C13H9BrF3NO. The van der Waals surface area contributed by atoms with E-state index in [-0.39, 0.29) is 22.5 Å². The van der Waals surface area contributed by atoms with Crippen LogP contribution < -0.4 is 10.5 Å². The maximum absolute atomic E-state index is 13.5. The Hall–Kier alpha value is -1.69. The van der Waals surface area contributed by atoms with Crippen molar-refractivity contribution in [3.63, 3.8) is 0 Å². The van der Waals surface area contributed by atoms with E-state index in [0.29, 0.717) is 11.6 Å². The Labute approximate surface area is 116 Å². The lowest BCUT2D eigenvalue weighted by molar-refractivity contribution is 0.287. The highest BCUT2D eigenvalue weighted by Gasteiger charge is 2.12. The predicted molar refractivity (Wildman–Crippen MR) is 69.2 cm³/mol. The summed E-state index contributed by atoms with van der Waals surface area (Å²) in [5.41, 5.74) is 6.32. The van der Waals surface area contributed by atoms with Crippen LogP contribution in [-0.2, 0) is 6.61 Å². The van der Waals surface area contributed by atoms with Gasteiger partial charge in [0.05, 0.1) is 4.47 Å². The molecule has 2 nitrogen and oxygen atoms in total. The number of ether oxygens (including phenoxy) is 1. The van der Waals surface area contributed by atoms with Crippen molar-refractivity contribution in [1.82, 2.24) is 0 Å². The molecule has 0 aliphatic heterocycles. The van der Waals surface area contributed by atoms with Gasteiger partial charge in [0.1, 0.15) is 18.2 Å². The molecule has 2 rings (SSSR count). The zero-order chi connectivity index (χ0) is 14.0. The molecule has 0 aromatic heterocycles. The predicted octanol–water partition coefficient (Wildman–Crippen LogP) is 4.03. The molecule has 0 amide bonds. The van der Waals surface area contributed by atoms with Crippen LogP contribution in [0.5, 0.6) is 5.75 Å². The summed E-state index contributed by atoms with van der Waals surface area (Å²) in [5, 5.41) is 0. The lowest BCUT2D eigenvalue weighted by Gasteiger charge is -2.11. The fourth-order valence-electron chi connectivity index (χ4n) is 1.51. The fraction of sp³-hybridized carbons (Fsp3) is 0.0769. The van der Waals surface area contributed by atoms with Gasteiger partial charge in [-0.25, -0.2) is 13.2 Å². The zero-order valence-electron chi connectivity index (χ0n) is 9.59. The van der Waals surface area contributed by atoms with E-state index >= 15 is 0 Å². The van der Waals surface area contributed by atoms with Gasteiger partial charge in [-0.1, -0.05) is 6.07 Å². The van der Waals surface area contributed by atoms with Crippen molar-refractivity contribution in [2.24, 2.45) is 0 Å². The fourth-order valence-corrected chi connectivity index (χ4v) is 2.04. The monoisotopic (exact) mass is 331 g/mol. The minimum atomic E-state index is -0.826. The van der Waals surface area contributed by atoms with Crippen LogP contribution in [0.25, 0.3) is 0 Å². The van der Waals surface area contributed by atoms with Gasteiger partial charge in [0.25, 0.3) is 0 Å². The summed E-state index contributed by atoms with van der Waals surface area (Å²) < 4.78 is 44.6. The van der Waals surface area contributed by atoms with Crippen LogP contribution in [0.15, 0.2) is 34.8 Å². The molecule has 0 atom stereocenters. The number of hydrogen-bond donors (Lipinski definition) is 1. The SMILES string of the molecule is Nc1cc(F)ccc1COc1c(F)cc(F)cc1Br. The van der Waals surface area contributed by atoms with Crippen molar-refractivity contribution < 1.29 is 17.9 Å². The summed E-state index contributed by atoms with van der Waals surface area (Å²) in [6.07, 6.45) is 0. The van der Waals surface area contributed by atoms with E-state index in [1.165, 1.54) is 12.1 Å². The van der Waals surface area contributed by atoms with Crippen molar-refractivity contribution in [1.29, 1.82) is 0 Å². The molecular weight excluding hydrogens is 323 g/mol. The number of halogens is 4.